The average Bonchev–Trinajstić information content (AvgIpc) is 3.34. The smallest absolute Gasteiger partial charge is 0.141 e. The molecule has 1 unspecified atom stereocenters. The number of carbonyl (C=O) groups is 1. The fraction of sp³-hybridized carbons (Fsp3) is 0.917. The first kappa shape index (κ1) is 22.5. The molecule has 5 rings (SSSR count). The van der Waals surface area contributed by atoms with Crippen LogP contribution in [0.4, 0.5) is 0 Å². The molecule has 0 bridgehead atoms. The first-order chi connectivity index (χ1) is 14.0. The van der Waals surface area contributed by atoms with Crippen molar-refractivity contribution >= 4 is 23.9 Å². The van der Waals surface area contributed by atoms with Crippen molar-refractivity contribution in [1.82, 2.24) is 5.32 Å². The van der Waals surface area contributed by atoms with Crippen molar-refractivity contribution in [3.63, 3.8) is 0 Å². The molecule has 4 saturated carbocycles. The van der Waals surface area contributed by atoms with Gasteiger partial charge in [-0.2, -0.15) is 0 Å². The van der Waals surface area contributed by atoms with Gasteiger partial charge in [0.05, 0.1) is 5.71 Å². The van der Waals surface area contributed by atoms with Gasteiger partial charge in [0.1, 0.15) is 11.9 Å². The number of oxime groups is 1. The second-order valence-electron chi connectivity index (χ2n) is 11.2. The maximum atomic E-state index is 12.7. The van der Waals surface area contributed by atoms with Crippen LogP contribution < -0.4 is 5.32 Å². The van der Waals surface area contributed by atoms with Gasteiger partial charge in [-0.15, -0.1) is 12.4 Å². The molecule has 5 aliphatic rings. The number of halogens is 1. The standard InChI is InChI=1S/C24H38N2O3.ClH/c1-23-8-5-17(26-29-18-7-10-25-13-18)12-16(23)11-15(14-27)22-19-3-4-21(28)24(19,2)9-6-20(22)23;/h15-16,18-20,22,25,27H,3-14H2,1-2H3;1H/t15-,16?,18-,19+,20+,22+,23+,24+;/m1./s1. The molecule has 30 heavy (non-hydrogen) atoms. The van der Waals surface area contributed by atoms with E-state index in [2.05, 4.69) is 24.3 Å². The topological polar surface area (TPSA) is 70.9 Å². The Labute approximate surface area is 187 Å². The number of ketones is 1. The number of hydrogen-bond donors (Lipinski definition) is 2. The highest BCUT2D eigenvalue weighted by molar-refractivity contribution is 5.87. The summed E-state index contributed by atoms with van der Waals surface area (Å²) in [6.07, 6.45) is 9.62. The van der Waals surface area contributed by atoms with Crippen LogP contribution in [-0.2, 0) is 9.63 Å². The summed E-state index contributed by atoms with van der Waals surface area (Å²) in [5.41, 5.74) is 1.42. The van der Waals surface area contributed by atoms with Crippen LogP contribution in [0.1, 0.15) is 71.6 Å². The molecular weight excluding hydrogens is 400 g/mol. The van der Waals surface area contributed by atoms with Gasteiger partial charge in [0.25, 0.3) is 0 Å². The lowest BCUT2D eigenvalue weighted by molar-refractivity contribution is -0.148. The molecule has 1 saturated heterocycles. The Bertz CT molecular complexity index is 694. The second kappa shape index (κ2) is 8.37. The summed E-state index contributed by atoms with van der Waals surface area (Å²) in [5.74, 6) is 3.06. The third-order valence-corrected chi connectivity index (χ3v) is 9.97. The zero-order valence-corrected chi connectivity index (χ0v) is 19.4. The largest absolute Gasteiger partial charge is 0.396 e. The van der Waals surface area contributed by atoms with Gasteiger partial charge in [-0.05, 0) is 86.5 Å². The van der Waals surface area contributed by atoms with Crippen molar-refractivity contribution in [3.8, 4) is 0 Å². The number of hydrogen-bond acceptors (Lipinski definition) is 5. The van der Waals surface area contributed by atoms with Crippen molar-refractivity contribution in [2.45, 2.75) is 77.7 Å². The molecular formula is C24H39ClN2O3. The molecule has 0 aromatic rings. The van der Waals surface area contributed by atoms with Crippen molar-refractivity contribution in [1.29, 1.82) is 0 Å². The fourth-order valence-corrected chi connectivity index (χ4v) is 8.14. The van der Waals surface area contributed by atoms with E-state index in [0.717, 1.165) is 64.5 Å². The van der Waals surface area contributed by atoms with E-state index >= 15 is 0 Å². The molecule has 0 radical (unpaired) electrons. The average molecular weight is 439 g/mol. The molecule has 2 N–H and O–H groups in total. The van der Waals surface area contributed by atoms with Crippen LogP contribution in [0.3, 0.4) is 0 Å². The summed E-state index contributed by atoms with van der Waals surface area (Å²) >= 11 is 0. The Morgan fingerprint density at radius 3 is 2.73 bits per heavy atom. The third kappa shape index (κ3) is 3.44. The molecule has 6 heteroatoms. The molecule has 0 aromatic carbocycles. The number of rotatable bonds is 3. The van der Waals surface area contributed by atoms with Gasteiger partial charge >= 0.3 is 0 Å². The maximum absolute atomic E-state index is 12.7. The van der Waals surface area contributed by atoms with Crippen molar-refractivity contribution in [2.75, 3.05) is 19.7 Å². The van der Waals surface area contributed by atoms with E-state index in [0.29, 0.717) is 40.8 Å². The van der Waals surface area contributed by atoms with Crippen LogP contribution in [0, 0.1) is 40.4 Å². The molecule has 0 amide bonds. The molecule has 4 aliphatic carbocycles. The van der Waals surface area contributed by atoms with E-state index in [1.165, 1.54) is 12.1 Å². The Morgan fingerprint density at radius 1 is 1.17 bits per heavy atom. The predicted molar refractivity (Wildman–Crippen MR) is 120 cm³/mol. The Balaban J connectivity index is 0.00000218. The van der Waals surface area contributed by atoms with E-state index < -0.39 is 0 Å². The lowest BCUT2D eigenvalue weighted by atomic mass is 9.43. The van der Waals surface area contributed by atoms with Crippen LogP contribution >= 0.6 is 12.4 Å². The van der Waals surface area contributed by atoms with E-state index in [1.807, 2.05) is 0 Å². The second-order valence-corrected chi connectivity index (χ2v) is 11.2. The van der Waals surface area contributed by atoms with E-state index in [1.54, 1.807) is 0 Å². The number of carbonyl (C=O) groups excluding carboxylic acids is 1. The summed E-state index contributed by atoms with van der Waals surface area (Å²) in [7, 11) is 0. The summed E-state index contributed by atoms with van der Waals surface area (Å²) < 4.78 is 0. The molecule has 1 heterocycles. The van der Waals surface area contributed by atoms with Gasteiger partial charge < -0.3 is 15.3 Å². The Kier molecular flexibility index (Phi) is 6.29. The fourth-order valence-electron chi connectivity index (χ4n) is 8.14. The van der Waals surface area contributed by atoms with Gasteiger partial charge in [-0.25, -0.2) is 0 Å². The Hall–Kier alpha value is -0.650. The molecule has 8 atom stereocenters. The maximum Gasteiger partial charge on any atom is 0.141 e. The van der Waals surface area contributed by atoms with Crippen molar-refractivity contribution < 1.29 is 14.7 Å². The minimum absolute atomic E-state index is 0. The molecule has 170 valence electrons. The van der Waals surface area contributed by atoms with Crippen LogP contribution in [0.25, 0.3) is 0 Å². The first-order valence-electron chi connectivity index (χ1n) is 12.0. The first-order valence-corrected chi connectivity index (χ1v) is 12.0. The number of nitrogens with zero attached hydrogens (tertiary/aromatic N) is 1. The summed E-state index contributed by atoms with van der Waals surface area (Å²) in [6.45, 7) is 6.95. The highest BCUT2D eigenvalue weighted by atomic mass is 35.5. The van der Waals surface area contributed by atoms with Crippen molar-refractivity contribution in [3.05, 3.63) is 0 Å². The highest BCUT2D eigenvalue weighted by Gasteiger charge is 2.62. The van der Waals surface area contributed by atoms with Crippen molar-refractivity contribution in [2.24, 2.45) is 45.6 Å². The zero-order valence-electron chi connectivity index (χ0n) is 18.6. The normalized spacial score (nSPS) is 49.2. The minimum atomic E-state index is -0.123. The number of aliphatic hydroxyl groups is 1. The minimum Gasteiger partial charge on any atom is -0.396 e. The number of aliphatic hydroxyl groups excluding tert-OH is 1. The number of nitrogens with one attached hydrogen (secondary N) is 1. The van der Waals surface area contributed by atoms with E-state index in [4.69, 9.17) is 4.84 Å². The molecule has 0 aromatic heterocycles. The highest BCUT2D eigenvalue weighted by Crippen LogP contribution is 2.66. The summed E-state index contributed by atoms with van der Waals surface area (Å²) in [5, 5.41) is 18.3. The molecule has 5 fully saturated rings. The monoisotopic (exact) mass is 438 g/mol. The van der Waals surface area contributed by atoms with Gasteiger partial charge in [0, 0.05) is 31.4 Å². The third-order valence-electron chi connectivity index (χ3n) is 9.97. The van der Waals surface area contributed by atoms with Gasteiger partial charge in [-0.3, -0.25) is 4.79 Å². The molecule has 1 aliphatic heterocycles. The number of Topliss-reactive ketones (excluding diaryl/α,β-unsaturated/α-hetero) is 1. The van der Waals surface area contributed by atoms with Gasteiger partial charge in [-0.1, -0.05) is 19.0 Å². The molecule has 0 spiro atoms. The lowest BCUT2D eigenvalue weighted by Gasteiger charge is -2.61. The van der Waals surface area contributed by atoms with Crippen LogP contribution in [0.15, 0.2) is 5.16 Å². The number of fused-ring (bicyclic) bond motifs is 5. The summed E-state index contributed by atoms with van der Waals surface area (Å²) in [4.78, 5) is 18.5. The van der Waals surface area contributed by atoms with Crippen LogP contribution in [-0.4, -0.2) is 42.4 Å². The van der Waals surface area contributed by atoms with Gasteiger partial charge in [0.2, 0.25) is 0 Å². The SMILES string of the molecule is C[C@]12CCC(=NO[C@@H]3CCNC3)CC1C[C@H](CO)[C@@H]1[C@@H]2CC[C@]2(C)C(=O)CC[C@@H]12.Cl. The van der Waals surface area contributed by atoms with E-state index in [-0.39, 0.29) is 30.5 Å². The van der Waals surface area contributed by atoms with E-state index in [9.17, 15) is 9.90 Å². The van der Waals surface area contributed by atoms with Crippen LogP contribution in [0.2, 0.25) is 0 Å². The van der Waals surface area contributed by atoms with Crippen LogP contribution in [0.5, 0.6) is 0 Å². The molecule has 5 nitrogen and oxygen atoms in total. The Morgan fingerprint density at radius 2 is 2.00 bits per heavy atom. The lowest BCUT2D eigenvalue weighted by Crippen LogP contribution is -2.57. The predicted octanol–water partition coefficient (Wildman–Crippen LogP) is 3.97. The summed E-state index contributed by atoms with van der Waals surface area (Å²) in [6, 6.07) is 0. The quantitative estimate of drug-likeness (QED) is 0.654. The van der Waals surface area contributed by atoms with Gasteiger partial charge in [0.15, 0.2) is 0 Å². The zero-order chi connectivity index (χ0) is 20.2.